The summed E-state index contributed by atoms with van der Waals surface area (Å²) in [6.07, 6.45) is 0. The highest BCUT2D eigenvalue weighted by Gasteiger charge is 2.24. The maximum Gasteiger partial charge on any atom is 0.287 e. The SMILES string of the molecule is CNS(=O)(=O)c1ccc(C(=O)NCC(c2c(F)cccc2F)N(C)C)o1. The fourth-order valence-corrected chi connectivity index (χ4v) is 2.98. The van der Waals surface area contributed by atoms with Gasteiger partial charge in [0, 0.05) is 12.1 Å². The summed E-state index contributed by atoms with van der Waals surface area (Å²) in [5.41, 5.74) is -0.171. The molecule has 0 saturated carbocycles. The van der Waals surface area contributed by atoms with Crippen LogP contribution >= 0.6 is 0 Å². The molecule has 10 heteroatoms. The van der Waals surface area contributed by atoms with Gasteiger partial charge in [0.15, 0.2) is 5.76 Å². The van der Waals surface area contributed by atoms with E-state index in [0.29, 0.717) is 0 Å². The summed E-state index contributed by atoms with van der Waals surface area (Å²) in [4.78, 5) is 13.7. The highest BCUT2D eigenvalue weighted by molar-refractivity contribution is 7.89. The zero-order valence-electron chi connectivity index (χ0n) is 14.4. The lowest BCUT2D eigenvalue weighted by Gasteiger charge is -2.25. The van der Waals surface area contributed by atoms with Crippen molar-refractivity contribution in [3.05, 3.63) is 53.3 Å². The molecule has 2 N–H and O–H groups in total. The molecule has 26 heavy (non-hydrogen) atoms. The van der Waals surface area contributed by atoms with Crippen LogP contribution in [0.15, 0.2) is 39.8 Å². The quantitative estimate of drug-likeness (QED) is 0.751. The third-order valence-corrected chi connectivity index (χ3v) is 5.04. The standard InChI is InChI=1S/C16H19F2N3O4S/c1-19-26(23,24)14-8-7-13(25-14)16(22)20-9-12(21(2)3)15-10(17)5-4-6-11(15)18/h4-8,12,19H,9H2,1-3H3,(H,20,22). The van der Waals surface area contributed by atoms with Gasteiger partial charge in [0.25, 0.3) is 15.9 Å². The van der Waals surface area contributed by atoms with Crippen LogP contribution < -0.4 is 10.0 Å². The highest BCUT2D eigenvalue weighted by atomic mass is 32.2. The largest absolute Gasteiger partial charge is 0.438 e. The van der Waals surface area contributed by atoms with Crippen molar-refractivity contribution in [3.8, 4) is 0 Å². The van der Waals surface area contributed by atoms with Gasteiger partial charge in [0.05, 0.1) is 6.04 Å². The number of carbonyl (C=O) groups excluding carboxylic acids is 1. The molecule has 1 atom stereocenters. The number of nitrogens with zero attached hydrogens (tertiary/aromatic N) is 1. The van der Waals surface area contributed by atoms with Crippen LogP contribution in [0.5, 0.6) is 0 Å². The van der Waals surface area contributed by atoms with Gasteiger partial charge in [-0.3, -0.25) is 4.79 Å². The van der Waals surface area contributed by atoms with Gasteiger partial charge in [-0.25, -0.2) is 21.9 Å². The van der Waals surface area contributed by atoms with Gasteiger partial charge in [-0.15, -0.1) is 0 Å². The third-order valence-electron chi connectivity index (χ3n) is 3.75. The Balaban J connectivity index is 2.16. The van der Waals surface area contributed by atoms with Gasteiger partial charge in [0.2, 0.25) is 5.09 Å². The summed E-state index contributed by atoms with van der Waals surface area (Å²) >= 11 is 0. The summed E-state index contributed by atoms with van der Waals surface area (Å²) < 4.78 is 58.4. The smallest absolute Gasteiger partial charge is 0.287 e. The Morgan fingerprint density at radius 2 is 1.81 bits per heavy atom. The minimum atomic E-state index is -3.81. The second-order valence-electron chi connectivity index (χ2n) is 5.65. The second kappa shape index (κ2) is 7.94. The normalized spacial score (nSPS) is 13.0. The molecule has 1 aromatic heterocycles. The summed E-state index contributed by atoms with van der Waals surface area (Å²) in [6.45, 7) is -0.113. The average molecular weight is 387 g/mol. The predicted molar refractivity (Wildman–Crippen MR) is 90.1 cm³/mol. The Morgan fingerprint density at radius 1 is 1.19 bits per heavy atom. The lowest BCUT2D eigenvalue weighted by Crippen LogP contribution is -2.35. The molecule has 1 amide bonds. The van der Waals surface area contributed by atoms with Crippen molar-refractivity contribution >= 4 is 15.9 Å². The van der Waals surface area contributed by atoms with Crippen molar-refractivity contribution in [2.24, 2.45) is 0 Å². The zero-order chi connectivity index (χ0) is 19.5. The lowest BCUT2D eigenvalue weighted by atomic mass is 10.0. The maximum atomic E-state index is 14.0. The van der Waals surface area contributed by atoms with E-state index in [4.69, 9.17) is 4.42 Å². The molecule has 1 heterocycles. The van der Waals surface area contributed by atoms with E-state index in [1.807, 2.05) is 0 Å². The first-order valence-corrected chi connectivity index (χ1v) is 9.07. The van der Waals surface area contributed by atoms with Crippen molar-refractivity contribution in [3.63, 3.8) is 0 Å². The summed E-state index contributed by atoms with van der Waals surface area (Å²) in [5, 5.41) is 2.09. The monoisotopic (exact) mass is 387 g/mol. The van der Waals surface area contributed by atoms with Crippen molar-refractivity contribution in [1.82, 2.24) is 14.9 Å². The molecular weight excluding hydrogens is 368 g/mol. The van der Waals surface area contributed by atoms with Crippen LogP contribution in [-0.2, 0) is 10.0 Å². The number of rotatable bonds is 7. The Morgan fingerprint density at radius 3 is 2.35 bits per heavy atom. The molecule has 2 rings (SSSR count). The second-order valence-corrected chi connectivity index (χ2v) is 7.47. The van der Waals surface area contributed by atoms with Crippen LogP contribution in [-0.4, -0.2) is 46.9 Å². The van der Waals surface area contributed by atoms with Crippen LogP contribution in [0.1, 0.15) is 22.2 Å². The van der Waals surface area contributed by atoms with E-state index >= 15 is 0 Å². The Bertz CT molecular complexity index is 876. The Kier molecular flexibility index (Phi) is 6.11. The number of hydrogen-bond acceptors (Lipinski definition) is 5. The van der Waals surface area contributed by atoms with Gasteiger partial charge in [0.1, 0.15) is 11.6 Å². The molecule has 1 aromatic carbocycles. The molecule has 0 aliphatic carbocycles. The number of amides is 1. The van der Waals surface area contributed by atoms with E-state index in [-0.39, 0.29) is 17.9 Å². The molecule has 0 aliphatic rings. The molecule has 7 nitrogen and oxygen atoms in total. The fourth-order valence-electron chi connectivity index (χ4n) is 2.34. The number of hydrogen-bond donors (Lipinski definition) is 2. The number of nitrogens with one attached hydrogen (secondary N) is 2. The molecule has 0 spiro atoms. The van der Waals surface area contributed by atoms with Gasteiger partial charge >= 0.3 is 0 Å². The van der Waals surface area contributed by atoms with Crippen molar-refractivity contribution in [2.45, 2.75) is 11.1 Å². The van der Waals surface area contributed by atoms with Gasteiger partial charge < -0.3 is 14.6 Å². The van der Waals surface area contributed by atoms with E-state index in [2.05, 4.69) is 10.0 Å². The van der Waals surface area contributed by atoms with Gasteiger partial charge in [-0.1, -0.05) is 6.07 Å². The van der Waals surface area contributed by atoms with E-state index in [1.165, 1.54) is 19.2 Å². The van der Waals surface area contributed by atoms with Crippen molar-refractivity contribution in [1.29, 1.82) is 0 Å². The van der Waals surface area contributed by atoms with Crippen molar-refractivity contribution < 1.29 is 26.4 Å². The van der Waals surface area contributed by atoms with Crippen LogP contribution in [0.25, 0.3) is 0 Å². The van der Waals surface area contributed by atoms with E-state index in [1.54, 1.807) is 19.0 Å². The minimum absolute atomic E-state index is 0.113. The number of likely N-dealkylation sites (N-methyl/N-ethyl adjacent to an activating group) is 1. The van der Waals surface area contributed by atoms with Crippen LogP contribution in [0.4, 0.5) is 8.78 Å². The minimum Gasteiger partial charge on any atom is -0.438 e. The molecular formula is C16H19F2N3O4S. The first kappa shape index (κ1) is 20.0. The molecule has 0 bridgehead atoms. The predicted octanol–water partition coefficient (Wildman–Crippen LogP) is 1.50. The zero-order valence-corrected chi connectivity index (χ0v) is 15.2. The molecule has 0 radical (unpaired) electrons. The lowest BCUT2D eigenvalue weighted by molar-refractivity contribution is 0.0907. The van der Waals surface area contributed by atoms with Crippen LogP contribution in [0.2, 0.25) is 0 Å². The summed E-state index contributed by atoms with van der Waals surface area (Å²) in [5.74, 6) is -2.38. The first-order chi connectivity index (χ1) is 12.2. The molecule has 0 fully saturated rings. The van der Waals surface area contributed by atoms with E-state index < -0.39 is 38.7 Å². The topological polar surface area (TPSA) is 91.6 Å². The van der Waals surface area contributed by atoms with Crippen molar-refractivity contribution in [2.75, 3.05) is 27.7 Å². The summed E-state index contributed by atoms with van der Waals surface area (Å²) in [7, 11) is 0.633. The summed E-state index contributed by atoms with van der Waals surface area (Å²) in [6, 6.07) is 5.10. The molecule has 2 aromatic rings. The molecule has 1 unspecified atom stereocenters. The Hall–Kier alpha value is -2.30. The third kappa shape index (κ3) is 4.26. The highest BCUT2D eigenvalue weighted by Crippen LogP contribution is 2.24. The number of benzene rings is 1. The molecule has 142 valence electrons. The number of halogens is 2. The Labute approximate surface area is 150 Å². The number of furan rings is 1. The molecule has 0 saturated heterocycles. The van der Waals surface area contributed by atoms with Crippen LogP contribution in [0.3, 0.4) is 0 Å². The number of sulfonamides is 1. The molecule has 0 aliphatic heterocycles. The van der Waals surface area contributed by atoms with Gasteiger partial charge in [-0.2, -0.15) is 0 Å². The first-order valence-electron chi connectivity index (χ1n) is 7.59. The maximum absolute atomic E-state index is 14.0. The average Bonchev–Trinajstić information content (AvgIpc) is 3.08. The number of carbonyl (C=O) groups is 1. The van der Waals surface area contributed by atoms with Gasteiger partial charge in [-0.05, 0) is 45.4 Å². The van der Waals surface area contributed by atoms with Crippen LogP contribution in [0, 0.1) is 11.6 Å². The fraction of sp³-hybridized carbons (Fsp3) is 0.312. The van der Waals surface area contributed by atoms with E-state index in [0.717, 1.165) is 18.2 Å². The van der Waals surface area contributed by atoms with E-state index in [9.17, 15) is 22.0 Å².